The summed E-state index contributed by atoms with van der Waals surface area (Å²) in [5, 5.41) is 0.0809. The molecule has 118 valence electrons. The number of hydrogen-bond acceptors (Lipinski definition) is 6. The second-order valence-electron chi connectivity index (χ2n) is 5.20. The van der Waals surface area contributed by atoms with Gasteiger partial charge in [0.25, 0.3) is 10.0 Å². The maximum Gasteiger partial charge on any atom is 0.262 e. The van der Waals surface area contributed by atoms with E-state index in [-0.39, 0.29) is 17.5 Å². The van der Waals surface area contributed by atoms with Crippen LogP contribution in [0.1, 0.15) is 24.0 Å². The fourth-order valence-corrected chi connectivity index (χ4v) is 3.95. The van der Waals surface area contributed by atoms with Gasteiger partial charge in [-0.15, -0.1) is 0 Å². The summed E-state index contributed by atoms with van der Waals surface area (Å²) in [5.41, 5.74) is 7.18. The number of anilines is 1. The lowest BCUT2D eigenvalue weighted by atomic mass is 10.1. The van der Waals surface area contributed by atoms with E-state index in [0.717, 1.165) is 5.56 Å². The summed E-state index contributed by atoms with van der Waals surface area (Å²) in [4.78, 5) is 12.3. The molecule has 2 aromatic heterocycles. The Morgan fingerprint density at radius 2 is 2.14 bits per heavy atom. The SMILES string of the molecule is CCn1cc(S(=O)(=O)N2CCc3cnc(N)nc3C2)nc1C. The van der Waals surface area contributed by atoms with Crippen molar-refractivity contribution in [3.63, 3.8) is 0 Å². The molecule has 0 aliphatic carbocycles. The number of nitrogens with two attached hydrogens (primary N) is 1. The first kappa shape index (κ1) is 14.9. The molecule has 3 heterocycles. The number of aryl methyl sites for hydroxylation is 2. The lowest BCUT2D eigenvalue weighted by molar-refractivity contribution is 0.383. The highest BCUT2D eigenvalue weighted by atomic mass is 32.2. The Labute approximate surface area is 129 Å². The molecule has 8 nitrogen and oxygen atoms in total. The van der Waals surface area contributed by atoms with Crippen molar-refractivity contribution < 1.29 is 8.42 Å². The van der Waals surface area contributed by atoms with Gasteiger partial charge in [-0.3, -0.25) is 0 Å². The fraction of sp³-hybridized carbons (Fsp3) is 0.462. The van der Waals surface area contributed by atoms with Crippen molar-refractivity contribution in [1.82, 2.24) is 23.8 Å². The van der Waals surface area contributed by atoms with Crippen molar-refractivity contribution in [1.29, 1.82) is 0 Å². The fourth-order valence-electron chi connectivity index (χ4n) is 2.56. The molecule has 9 heteroatoms. The van der Waals surface area contributed by atoms with Crippen LogP contribution in [0.25, 0.3) is 0 Å². The van der Waals surface area contributed by atoms with Crippen LogP contribution in [0.2, 0.25) is 0 Å². The van der Waals surface area contributed by atoms with Crippen LogP contribution in [-0.4, -0.2) is 38.8 Å². The van der Waals surface area contributed by atoms with E-state index in [0.29, 0.717) is 31.0 Å². The number of nitrogens with zero attached hydrogens (tertiary/aromatic N) is 5. The molecule has 2 N–H and O–H groups in total. The maximum absolute atomic E-state index is 12.7. The van der Waals surface area contributed by atoms with Gasteiger partial charge in [0.15, 0.2) is 5.03 Å². The average Bonchev–Trinajstić information content (AvgIpc) is 2.88. The van der Waals surface area contributed by atoms with Crippen LogP contribution in [0.3, 0.4) is 0 Å². The molecule has 2 aromatic rings. The van der Waals surface area contributed by atoms with Crippen molar-refractivity contribution in [3.8, 4) is 0 Å². The van der Waals surface area contributed by atoms with Gasteiger partial charge in [0.1, 0.15) is 5.82 Å². The molecule has 1 aliphatic rings. The molecular formula is C13H18N6O2S. The van der Waals surface area contributed by atoms with E-state index in [1.54, 1.807) is 19.3 Å². The molecule has 0 saturated heterocycles. The summed E-state index contributed by atoms with van der Waals surface area (Å²) in [6.45, 7) is 5.01. The summed E-state index contributed by atoms with van der Waals surface area (Å²) in [6.07, 6.45) is 3.81. The summed E-state index contributed by atoms with van der Waals surface area (Å²) in [7, 11) is -3.63. The van der Waals surface area contributed by atoms with Gasteiger partial charge in [0, 0.05) is 25.5 Å². The Bertz CT molecular complexity index is 814. The van der Waals surface area contributed by atoms with Crippen LogP contribution < -0.4 is 5.73 Å². The van der Waals surface area contributed by atoms with E-state index in [9.17, 15) is 8.42 Å². The number of fused-ring (bicyclic) bond motifs is 1. The minimum Gasteiger partial charge on any atom is -0.368 e. The molecule has 0 spiro atoms. The molecule has 0 aromatic carbocycles. The smallest absolute Gasteiger partial charge is 0.262 e. The molecule has 1 aliphatic heterocycles. The van der Waals surface area contributed by atoms with Crippen LogP contribution in [0.4, 0.5) is 5.95 Å². The normalized spacial score (nSPS) is 15.7. The molecule has 0 fully saturated rings. The van der Waals surface area contributed by atoms with Crippen molar-refractivity contribution in [2.45, 2.75) is 38.4 Å². The van der Waals surface area contributed by atoms with Crippen molar-refractivity contribution in [2.75, 3.05) is 12.3 Å². The molecular weight excluding hydrogens is 304 g/mol. The standard InChI is InChI=1S/C13H18N6O2S/c1-3-18-8-12(16-9(18)2)22(20,21)19-5-4-10-6-15-13(14)17-11(10)7-19/h6,8H,3-5,7H2,1-2H3,(H2,14,15,17). The summed E-state index contributed by atoms with van der Waals surface area (Å²) < 4.78 is 28.7. The van der Waals surface area contributed by atoms with E-state index in [1.807, 2.05) is 11.5 Å². The second-order valence-corrected chi connectivity index (χ2v) is 7.09. The lowest BCUT2D eigenvalue weighted by Gasteiger charge is -2.26. The molecule has 3 rings (SSSR count). The van der Waals surface area contributed by atoms with Gasteiger partial charge >= 0.3 is 0 Å². The van der Waals surface area contributed by atoms with Gasteiger partial charge in [-0.2, -0.15) is 4.31 Å². The zero-order chi connectivity index (χ0) is 15.9. The van der Waals surface area contributed by atoms with Gasteiger partial charge in [-0.1, -0.05) is 0 Å². The van der Waals surface area contributed by atoms with Crippen LogP contribution >= 0.6 is 0 Å². The molecule has 0 radical (unpaired) electrons. The molecule has 0 saturated carbocycles. The number of hydrogen-bond donors (Lipinski definition) is 1. The van der Waals surface area contributed by atoms with Gasteiger partial charge < -0.3 is 10.3 Å². The van der Waals surface area contributed by atoms with E-state index >= 15 is 0 Å². The monoisotopic (exact) mass is 322 g/mol. The van der Waals surface area contributed by atoms with Gasteiger partial charge in [-0.05, 0) is 25.8 Å². The third-order valence-electron chi connectivity index (χ3n) is 3.83. The zero-order valence-electron chi connectivity index (χ0n) is 12.5. The maximum atomic E-state index is 12.7. The minimum atomic E-state index is -3.63. The highest BCUT2D eigenvalue weighted by Gasteiger charge is 2.31. The Hall–Kier alpha value is -2.00. The quantitative estimate of drug-likeness (QED) is 0.872. The lowest BCUT2D eigenvalue weighted by Crippen LogP contribution is -2.36. The number of aromatic nitrogens is 4. The van der Waals surface area contributed by atoms with E-state index in [1.165, 1.54) is 4.31 Å². The van der Waals surface area contributed by atoms with Crippen LogP contribution in [0.15, 0.2) is 17.4 Å². The van der Waals surface area contributed by atoms with Crippen molar-refractivity contribution >= 4 is 16.0 Å². The average molecular weight is 322 g/mol. The van der Waals surface area contributed by atoms with Gasteiger partial charge in [0.2, 0.25) is 5.95 Å². The molecule has 0 unspecified atom stereocenters. The topological polar surface area (TPSA) is 107 Å². The first-order valence-electron chi connectivity index (χ1n) is 7.06. The summed E-state index contributed by atoms with van der Waals surface area (Å²) in [6, 6.07) is 0. The first-order valence-corrected chi connectivity index (χ1v) is 8.50. The molecule has 0 bridgehead atoms. The van der Waals surface area contributed by atoms with E-state index in [2.05, 4.69) is 15.0 Å². The Kier molecular flexibility index (Phi) is 3.61. The van der Waals surface area contributed by atoms with Crippen LogP contribution in [-0.2, 0) is 29.5 Å². The summed E-state index contributed by atoms with van der Waals surface area (Å²) in [5.74, 6) is 0.842. The van der Waals surface area contributed by atoms with Crippen molar-refractivity contribution in [3.05, 3.63) is 29.5 Å². The zero-order valence-corrected chi connectivity index (χ0v) is 13.3. The summed E-state index contributed by atoms with van der Waals surface area (Å²) >= 11 is 0. The second kappa shape index (κ2) is 5.33. The largest absolute Gasteiger partial charge is 0.368 e. The van der Waals surface area contributed by atoms with Crippen LogP contribution in [0.5, 0.6) is 0 Å². The van der Waals surface area contributed by atoms with E-state index in [4.69, 9.17) is 5.73 Å². The predicted octanol–water partition coefficient (Wildman–Crippen LogP) is 0.331. The van der Waals surface area contributed by atoms with Gasteiger partial charge in [-0.25, -0.2) is 23.4 Å². The number of sulfonamides is 1. The Morgan fingerprint density at radius 1 is 1.36 bits per heavy atom. The Balaban J connectivity index is 1.93. The highest BCUT2D eigenvalue weighted by Crippen LogP contribution is 2.23. The molecule has 0 amide bonds. The van der Waals surface area contributed by atoms with Crippen LogP contribution in [0, 0.1) is 6.92 Å². The predicted molar refractivity (Wildman–Crippen MR) is 80.4 cm³/mol. The Morgan fingerprint density at radius 3 is 2.82 bits per heavy atom. The first-order chi connectivity index (χ1) is 10.4. The van der Waals surface area contributed by atoms with Gasteiger partial charge in [0.05, 0.1) is 12.2 Å². The third kappa shape index (κ3) is 2.46. The highest BCUT2D eigenvalue weighted by molar-refractivity contribution is 7.89. The minimum absolute atomic E-state index is 0.0809. The molecule has 22 heavy (non-hydrogen) atoms. The number of rotatable bonds is 3. The third-order valence-corrected chi connectivity index (χ3v) is 5.55. The van der Waals surface area contributed by atoms with Crippen molar-refractivity contribution in [2.24, 2.45) is 0 Å². The number of imidazole rings is 1. The number of nitrogen functional groups attached to an aromatic ring is 1. The van der Waals surface area contributed by atoms with E-state index < -0.39 is 10.0 Å². The molecule has 0 atom stereocenters.